The van der Waals surface area contributed by atoms with Crippen LogP contribution >= 0.6 is 11.3 Å². The summed E-state index contributed by atoms with van der Waals surface area (Å²) in [7, 11) is 0. The summed E-state index contributed by atoms with van der Waals surface area (Å²) in [6.07, 6.45) is 9.17. The first-order valence-corrected chi connectivity index (χ1v) is 16.2. The van der Waals surface area contributed by atoms with E-state index in [4.69, 9.17) is 0 Å². The highest BCUT2D eigenvalue weighted by Crippen LogP contribution is 2.47. The second-order valence-electron chi connectivity index (χ2n) is 11.7. The average Bonchev–Trinajstić information content (AvgIpc) is 3.31. The molecule has 0 saturated carbocycles. The maximum Gasteiger partial charge on any atom is 0.100 e. The summed E-state index contributed by atoms with van der Waals surface area (Å²) in [5.74, 6) is 0. The molecule has 0 atom stereocenters. The third-order valence-corrected chi connectivity index (χ3v) is 10.6. The standard InChI is InChI=1S/C43H24N2S/c44-24-38-27-12-4-7-16-31(27)41(32-17-8-5-13-28(32)38)26-21-22-40-37(23-26)35-19-10-20-36(43(35)46-40)42-33-15-3-1-2-11-29(33)39(25-45)30-14-6-9-18-34(30)42/h1-14,16-23H,15H2. The van der Waals surface area contributed by atoms with Gasteiger partial charge in [-0.05, 0) is 62.5 Å². The predicted octanol–water partition coefficient (Wildman–Crippen LogP) is 11.7. The highest BCUT2D eigenvalue weighted by Gasteiger charge is 2.22. The monoisotopic (exact) mass is 600 g/mol. The molecule has 9 rings (SSSR count). The molecule has 1 aliphatic rings. The summed E-state index contributed by atoms with van der Waals surface area (Å²) < 4.78 is 2.48. The molecule has 212 valence electrons. The van der Waals surface area contributed by atoms with E-state index in [-0.39, 0.29) is 0 Å². The number of allylic oxidation sites excluding steroid dienone is 3. The van der Waals surface area contributed by atoms with E-state index in [0.29, 0.717) is 0 Å². The molecule has 46 heavy (non-hydrogen) atoms. The van der Waals surface area contributed by atoms with Crippen molar-refractivity contribution in [3.63, 3.8) is 0 Å². The highest BCUT2D eigenvalue weighted by atomic mass is 32.1. The van der Waals surface area contributed by atoms with E-state index in [1.54, 1.807) is 0 Å². The number of hydrogen-bond acceptors (Lipinski definition) is 3. The minimum Gasteiger partial charge on any atom is -0.192 e. The minimum absolute atomic E-state index is 0.722. The molecule has 0 bridgehead atoms. The zero-order chi connectivity index (χ0) is 30.8. The fourth-order valence-electron chi connectivity index (χ4n) is 7.46. The summed E-state index contributed by atoms with van der Waals surface area (Å²) in [4.78, 5) is 0. The van der Waals surface area contributed by atoms with Crippen molar-refractivity contribution in [1.82, 2.24) is 0 Å². The van der Waals surface area contributed by atoms with Gasteiger partial charge in [-0.3, -0.25) is 0 Å². The van der Waals surface area contributed by atoms with Crippen molar-refractivity contribution in [2.45, 2.75) is 6.42 Å². The van der Waals surface area contributed by atoms with Crippen molar-refractivity contribution in [3.8, 4) is 34.4 Å². The van der Waals surface area contributed by atoms with Crippen LogP contribution in [0, 0.1) is 22.7 Å². The van der Waals surface area contributed by atoms with Crippen LogP contribution in [-0.2, 0) is 6.42 Å². The third-order valence-electron chi connectivity index (χ3n) is 9.40. The maximum atomic E-state index is 10.3. The van der Waals surface area contributed by atoms with Gasteiger partial charge in [0.05, 0.1) is 11.1 Å². The van der Waals surface area contributed by atoms with Gasteiger partial charge < -0.3 is 0 Å². The van der Waals surface area contributed by atoms with Crippen molar-refractivity contribution < 1.29 is 0 Å². The number of hydrogen-bond donors (Lipinski definition) is 0. The van der Waals surface area contributed by atoms with Crippen LogP contribution < -0.4 is 0 Å². The molecule has 0 amide bonds. The van der Waals surface area contributed by atoms with Gasteiger partial charge in [0.2, 0.25) is 0 Å². The SMILES string of the molecule is N#Cc1c2c(c(-c3cccc4c3sc3ccc(-c5c6ccccc6c(C#N)c6ccccc56)cc34)c3ccccc13)CC=CC=C2. The molecule has 0 saturated heterocycles. The lowest BCUT2D eigenvalue weighted by Crippen LogP contribution is -1.99. The zero-order valence-electron chi connectivity index (χ0n) is 24.7. The summed E-state index contributed by atoms with van der Waals surface area (Å²) in [6, 6.07) is 43.3. The summed E-state index contributed by atoms with van der Waals surface area (Å²) in [5, 5.41) is 29.1. The Morgan fingerprint density at radius 3 is 1.83 bits per heavy atom. The van der Waals surface area contributed by atoms with Crippen molar-refractivity contribution in [2.75, 3.05) is 0 Å². The van der Waals surface area contributed by atoms with Crippen LogP contribution in [0.4, 0.5) is 0 Å². The maximum absolute atomic E-state index is 10.3. The lowest BCUT2D eigenvalue weighted by Gasteiger charge is -2.18. The fraction of sp³-hybridized carbons (Fsp3) is 0.0233. The molecule has 0 unspecified atom stereocenters. The minimum atomic E-state index is 0.722. The molecule has 0 N–H and O–H groups in total. The first-order valence-electron chi connectivity index (χ1n) is 15.4. The summed E-state index contributed by atoms with van der Waals surface area (Å²) in [5.41, 5.74) is 8.39. The molecule has 2 nitrogen and oxygen atoms in total. The van der Waals surface area contributed by atoms with E-state index < -0.39 is 0 Å². The number of nitrogens with zero attached hydrogens (tertiary/aromatic N) is 2. The van der Waals surface area contributed by atoms with E-state index in [0.717, 1.165) is 66.6 Å². The number of benzene rings is 7. The lowest BCUT2D eigenvalue weighted by atomic mass is 9.84. The molecule has 1 heterocycles. The predicted molar refractivity (Wildman–Crippen MR) is 194 cm³/mol. The Hall–Kier alpha value is -6.00. The van der Waals surface area contributed by atoms with E-state index in [1.807, 2.05) is 35.6 Å². The largest absolute Gasteiger partial charge is 0.192 e. The molecular weight excluding hydrogens is 577 g/mol. The van der Waals surface area contributed by atoms with E-state index in [9.17, 15) is 10.5 Å². The lowest BCUT2D eigenvalue weighted by molar-refractivity contribution is 1.27. The van der Waals surface area contributed by atoms with Crippen LogP contribution in [0.2, 0.25) is 0 Å². The first kappa shape index (κ1) is 26.4. The molecule has 0 radical (unpaired) electrons. The van der Waals surface area contributed by atoms with Crippen molar-refractivity contribution >= 4 is 69.9 Å². The Bertz CT molecular complexity index is 2690. The smallest absolute Gasteiger partial charge is 0.100 e. The second-order valence-corrected chi connectivity index (χ2v) is 12.8. The Labute approximate surface area is 270 Å². The normalized spacial score (nSPS) is 12.5. The zero-order valence-corrected chi connectivity index (χ0v) is 25.5. The van der Waals surface area contributed by atoms with E-state index in [1.165, 1.54) is 36.9 Å². The Balaban J connectivity index is 1.35. The van der Waals surface area contributed by atoms with Gasteiger partial charge in [-0.15, -0.1) is 11.3 Å². The van der Waals surface area contributed by atoms with E-state index >= 15 is 0 Å². The Morgan fingerprint density at radius 1 is 0.543 bits per heavy atom. The van der Waals surface area contributed by atoms with Gasteiger partial charge in [0.25, 0.3) is 0 Å². The topological polar surface area (TPSA) is 47.6 Å². The van der Waals surface area contributed by atoms with Crippen LogP contribution in [0.3, 0.4) is 0 Å². The van der Waals surface area contributed by atoms with Gasteiger partial charge in [0, 0.05) is 41.9 Å². The van der Waals surface area contributed by atoms with Gasteiger partial charge in [-0.1, -0.05) is 121 Å². The summed E-state index contributed by atoms with van der Waals surface area (Å²) >= 11 is 1.83. The van der Waals surface area contributed by atoms with Gasteiger partial charge in [0.1, 0.15) is 12.1 Å². The van der Waals surface area contributed by atoms with Crippen LogP contribution in [0.15, 0.2) is 127 Å². The molecular formula is C43H24N2S. The number of fused-ring (bicyclic) bond motifs is 7. The molecule has 3 heteroatoms. The van der Waals surface area contributed by atoms with Crippen molar-refractivity contribution in [2.24, 2.45) is 0 Å². The van der Waals surface area contributed by atoms with Gasteiger partial charge in [-0.2, -0.15) is 10.5 Å². The first-order chi connectivity index (χ1) is 22.8. The van der Waals surface area contributed by atoms with E-state index in [2.05, 4.69) is 121 Å². The molecule has 0 fully saturated rings. The molecule has 1 aliphatic carbocycles. The number of rotatable bonds is 2. The summed E-state index contributed by atoms with van der Waals surface area (Å²) in [6.45, 7) is 0. The van der Waals surface area contributed by atoms with Crippen molar-refractivity contribution in [1.29, 1.82) is 10.5 Å². The molecule has 0 spiro atoms. The van der Waals surface area contributed by atoms with Crippen molar-refractivity contribution in [3.05, 3.63) is 150 Å². The second kappa shape index (κ2) is 10.3. The highest BCUT2D eigenvalue weighted by molar-refractivity contribution is 7.26. The van der Waals surface area contributed by atoms with Gasteiger partial charge >= 0.3 is 0 Å². The van der Waals surface area contributed by atoms with Gasteiger partial charge in [0.15, 0.2) is 0 Å². The molecule has 1 aromatic heterocycles. The van der Waals surface area contributed by atoms with Gasteiger partial charge in [-0.25, -0.2) is 0 Å². The third kappa shape index (κ3) is 3.74. The fourth-order valence-corrected chi connectivity index (χ4v) is 8.67. The van der Waals surface area contributed by atoms with Crippen LogP contribution in [0.5, 0.6) is 0 Å². The van der Waals surface area contributed by atoms with Crippen LogP contribution in [-0.4, -0.2) is 0 Å². The Morgan fingerprint density at radius 2 is 1.15 bits per heavy atom. The number of nitriles is 2. The molecule has 0 aliphatic heterocycles. The Kier molecular flexibility index (Phi) is 5.90. The van der Waals surface area contributed by atoms with Crippen LogP contribution in [0.1, 0.15) is 22.3 Å². The van der Waals surface area contributed by atoms with Crippen LogP contribution in [0.25, 0.3) is 80.8 Å². The number of thiophene rings is 1. The average molecular weight is 601 g/mol. The quantitative estimate of drug-likeness (QED) is 0.185. The molecule has 7 aromatic carbocycles. The molecule has 8 aromatic rings.